The van der Waals surface area contributed by atoms with Gasteiger partial charge in [0, 0.05) is 18.7 Å². The van der Waals surface area contributed by atoms with Gasteiger partial charge in [-0.3, -0.25) is 4.79 Å². The molecule has 1 saturated heterocycles. The molecule has 0 radical (unpaired) electrons. The molecule has 0 saturated carbocycles. The monoisotopic (exact) mass is 285 g/mol. The molecular formula is C17H23N3O. The van der Waals surface area contributed by atoms with Crippen molar-refractivity contribution in [3.63, 3.8) is 0 Å². The summed E-state index contributed by atoms with van der Waals surface area (Å²) in [7, 11) is 0. The maximum atomic E-state index is 12.7. The Morgan fingerprint density at radius 3 is 3.05 bits per heavy atom. The zero-order valence-corrected chi connectivity index (χ0v) is 12.6. The summed E-state index contributed by atoms with van der Waals surface area (Å²) in [6, 6.07) is 9.08. The number of nitrogens with zero attached hydrogens (tertiary/aromatic N) is 2. The van der Waals surface area contributed by atoms with Crippen molar-refractivity contribution in [2.45, 2.75) is 26.2 Å². The number of piperidine rings is 1. The summed E-state index contributed by atoms with van der Waals surface area (Å²) < 4.78 is 0. The molecule has 1 heterocycles. The Hall–Kier alpha value is -1.86. The normalized spacial score (nSPS) is 18.0. The first-order valence-electron chi connectivity index (χ1n) is 7.74. The number of carbonyl (C=O) groups excluding carboxylic acids is 1. The quantitative estimate of drug-likeness (QED) is 0.904. The van der Waals surface area contributed by atoms with Gasteiger partial charge in [-0.05, 0) is 56.5 Å². The highest BCUT2D eigenvalue weighted by molar-refractivity contribution is 5.94. The third kappa shape index (κ3) is 4.30. The van der Waals surface area contributed by atoms with Crippen LogP contribution in [0.5, 0.6) is 0 Å². The minimum absolute atomic E-state index is 0.0412. The summed E-state index contributed by atoms with van der Waals surface area (Å²) >= 11 is 0. The van der Waals surface area contributed by atoms with Crippen molar-refractivity contribution < 1.29 is 4.79 Å². The fourth-order valence-electron chi connectivity index (χ4n) is 2.84. The van der Waals surface area contributed by atoms with Crippen LogP contribution < -0.4 is 5.32 Å². The molecule has 1 atom stereocenters. The number of nitriles is 1. The van der Waals surface area contributed by atoms with E-state index in [0.29, 0.717) is 17.0 Å². The van der Waals surface area contributed by atoms with Gasteiger partial charge in [-0.2, -0.15) is 5.26 Å². The number of benzene rings is 1. The van der Waals surface area contributed by atoms with E-state index < -0.39 is 0 Å². The van der Waals surface area contributed by atoms with Gasteiger partial charge in [0.2, 0.25) is 0 Å². The van der Waals surface area contributed by atoms with Crippen molar-refractivity contribution in [2.24, 2.45) is 5.92 Å². The molecule has 0 aliphatic carbocycles. The van der Waals surface area contributed by atoms with Crippen molar-refractivity contribution in [3.8, 4) is 6.07 Å². The number of hydrogen-bond donors (Lipinski definition) is 1. The van der Waals surface area contributed by atoms with Gasteiger partial charge < -0.3 is 10.2 Å². The molecule has 1 aliphatic rings. The Morgan fingerprint density at radius 2 is 2.38 bits per heavy atom. The zero-order valence-electron chi connectivity index (χ0n) is 12.6. The van der Waals surface area contributed by atoms with Crippen LogP contribution in [-0.4, -0.2) is 37.0 Å². The third-order valence-corrected chi connectivity index (χ3v) is 3.90. The van der Waals surface area contributed by atoms with Crippen LogP contribution in [0, 0.1) is 17.2 Å². The van der Waals surface area contributed by atoms with Gasteiger partial charge in [-0.1, -0.05) is 13.0 Å². The smallest absolute Gasteiger partial charge is 0.253 e. The number of carbonyl (C=O) groups is 1. The lowest BCUT2D eigenvalue weighted by Crippen LogP contribution is -2.41. The fourth-order valence-corrected chi connectivity index (χ4v) is 2.84. The van der Waals surface area contributed by atoms with Gasteiger partial charge >= 0.3 is 0 Å². The van der Waals surface area contributed by atoms with Crippen LogP contribution in [0.3, 0.4) is 0 Å². The molecule has 1 N–H and O–H groups in total. The number of nitrogens with one attached hydrogen (secondary N) is 1. The van der Waals surface area contributed by atoms with Crippen LogP contribution in [-0.2, 0) is 0 Å². The van der Waals surface area contributed by atoms with Gasteiger partial charge in [-0.15, -0.1) is 0 Å². The molecule has 1 aliphatic heterocycles. The maximum Gasteiger partial charge on any atom is 0.253 e. The van der Waals surface area contributed by atoms with Gasteiger partial charge in [-0.25, -0.2) is 0 Å². The van der Waals surface area contributed by atoms with Gasteiger partial charge in [0.15, 0.2) is 0 Å². The van der Waals surface area contributed by atoms with Crippen LogP contribution in [0.1, 0.15) is 42.1 Å². The largest absolute Gasteiger partial charge is 0.338 e. The van der Waals surface area contributed by atoms with E-state index in [1.165, 1.54) is 12.8 Å². The summed E-state index contributed by atoms with van der Waals surface area (Å²) in [4.78, 5) is 14.6. The Labute approximate surface area is 126 Å². The lowest BCUT2D eigenvalue weighted by atomic mass is 9.98. The van der Waals surface area contributed by atoms with E-state index in [1.54, 1.807) is 24.3 Å². The molecule has 1 aromatic carbocycles. The molecule has 4 nitrogen and oxygen atoms in total. The molecule has 2 rings (SSSR count). The molecule has 1 fully saturated rings. The number of amides is 1. The predicted molar refractivity (Wildman–Crippen MR) is 82.9 cm³/mol. The second-order valence-electron chi connectivity index (χ2n) is 5.66. The first-order chi connectivity index (χ1) is 10.2. The Morgan fingerprint density at radius 1 is 1.52 bits per heavy atom. The highest BCUT2D eigenvalue weighted by Gasteiger charge is 2.21. The molecule has 112 valence electrons. The Kier molecular flexibility index (Phi) is 5.77. The summed E-state index contributed by atoms with van der Waals surface area (Å²) in [6.45, 7) is 5.74. The molecule has 1 amide bonds. The highest BCUT2D eigenvalue weighted by atomic mass is 16.2. The minimum atomic E-state index is 0.0412. The van der Waals surface area contributed by atoms with Gasteiger partial charge in [0.1, 0.15) is 0 Å². The minimum Gasteiger partial charge on any atom is -0.338 e. The van der Waals surface area contributed by atoms with Crippen LogP contribution >= 0.6 is 0 Å². The van der Waals surface area contributed by atoms with E-state index in [9.17, 15) is 4.79 Å². The average molecular weight is 285 g/mol. The fraction of sp³-hybridized carbons (Fsp3) is 0.529. The summed E-state index contributed by atoms with van der Waals surface area (Å²) in [5.41, 5.74) is 1.16. The van der Waals surface area contributed by atoms with Crippen molar-refractivity contribution in [1.82, 2.24) is 10.2 Å². The summed E-state index contributed by atoms with van der Waals surface area (Å²) in [5.74, 6) is 0.577. The van der Waals surface area contributed by atoms with E-state index in [4.69, 9.17) is 5.26 Å². The third-order valence-electron chi connectivity index (χ3n) is 3.90. The van der Waals surface area contributed by atoms with Crippen molar-refractivity contribution in [2.75, 3.05) is 26.2 Å². The lowest BCUT2D eigenvalue weighted by Gasteiger charge is -2.30. The molecule has 1 aromatic rings. The molecule has 4 heteroatoms. The second-order valence-corrected chi connectivity index (χ2v) is 5.66. The zero-order chi connectivity index (χ0) is 15.1. The first-order valence-corrected chi connectivity index (χ1v) is 7.74. The van der Waals surface area contributed by atoms with Crippen LogP contribution in [0.15, 0.2) is 24.3 Å². The molecular weight excluding hydrogens is 262 g/mol. The molecule has 1 unspecified atom stereocenters. The van der Waals surface area contributed by atoms with Crippen molar-refractivity contribution >= 4 is 5.91 Å². The first kappa shape index (κ1) is 15.5. The Balaban J connectivity index is 2.08. The van der Waals surface area contributed by atoms with Crippen LogP contribution in [0.2, 0.25) is 0 Å². The standard InChI is InChI=1S/C17H23N3O/c1-2-9-20(13-15-6-4-8-19-12-15)17(21)16-7-3-5-14(10-16)11-18/h3,5,7,10,15,19H,2,4,6,8-9,12-13H2,1H3. The molecule has 0 bridgehead atoms. The number of rotatable bonds is 5. The van der Waals surface area contributed by atoms with Crippen LogP contribution in [0.25, 0.3) is 0 Å². The second kappa shape index (κ2) is 7.80. The van der Waals surface area contributed by atoms with Gasteiger partial charge in [0.05, 0.1) is 11.6 Å². The van der Waals surface area contributed by atoms with Crippen molar-refractivity contribution in [3.05, 3.63) is 35.4 Å². The highest BCUT2D eigenvalue weighted by Crippen LogP contribution is 2.15. The van der Waals surface area contributed by atoms with E-state index in [2.05, 4.69) is 18.3 Å². The molecule has 0 spiro atoms. The number of hydrogen-bond acceptors (Lipinski definition) is 3. The maximum absolute atomic E-state index is 12.7. The predicted octanol–water partition coefficient (Wildman–Crippen LogP) is 2.41. The SMILES string of the molecule is CCCN(CC1CCCNC1)C(=O)c1cccc(C#N)c1. The average Bonchev–Trinajstić information content (AvgIpc) is 2.55. The topological polar surface area (TPSA) is 56.1 Å². The Bertz CT molecular complexity index is 515. The van der Waals surface area contributed by atoms with Crippen LogP contribution in [0.4, 0.5) is 0 Å². The molecule has 21 heavy (non-hydrogen) atoms. The van der Waals surface area contributed by atoms with Gasteiger partial charge in [0.25, 0.3) is 5.91 Å². The van der Waals surface area contributed by atoms with E-state index in [0.717, 1.165) is 32.6 Å². The lowest BCUT2D eigenvalue weighted by molar-refractivity contribution is 0.0719. The van der Waals surface area contributed by atoms with E-state index >= 15 is 0 Å². The van der Waals surface area contributed by atoms with E-state index in [-0.39, 0.29) is 5.91 Å². The summed E-state index contributed by atoms with van der Waals surface area (Å²) in [5, 5.41) is 12.4. The van der Waals surface area contributed by atoms with Crippen molar-refractivity contribution in [1.29, 1.82) is 5.26 Å². The molecule has 0 aromatic heterocycles. The summed E-state index contributed by atoms with van der Waals surface area (Å²) in [6.07, 6.45) is 3.31. The van der Waals surface area contributed by atoms with E-state index in [1.807, 2.05) is 4.90 Å².